The van der Waals surface area contributed by atoms with E-state index < -0.39 is 0 Å². The predicted molar refractivity (Wildman–Crippen MR) is 82.7 cm³/mol. The maximum absolute atomic E-state index is 9.29. The molecule has 0 fully saturated rings. The molecule has 19 heavy (non-hydrogen) atoms. The second-order valence-electron chi connectivity index (χ2n) is 6.19. The van der Waals surface area contributed by atoms with Gasteiger partial charge in [0, 0.05) is 16.6 Å². The van der Waals surface area contributed by atoms with E-state index in [1.165, 1.54) is 0 Å². The smallest absolute Gasteiger partial charge is 0.0838 e. The predicted octanol–water partition coefficient (Wildman–Crippen LogP) is 3.51. The molecule has 0 saturated carbocycles. The SMILES string of the molecule is CC(C)(C)C1CC(CC(N)CO)=C(Cl)/C(=C/O)C1.Cl. The lowest BCUT2D eigenvalue weighted by molar-refractivity contribution is 0.223. The van der Waals surface area contributed by atoms with Crippen molar-refractivity contribution in [1.82, 2.24) is 0 Å². The summed E-state index contributed by atoms with van der Waals surface area (Å²) >= 11 is 6.28. The standard InChI is InChI=1S/C14H24ClNO2.ClH/c1-14(2,3)11-4-9(6-12(16)8-18)13(15)10(5-11)7-17;/h7,11-12,17-18H,4-6,8,16H2,1-3H3;1H/b10-7+;. The van der Waals surface area contributed by atoms with E-state index in [1.807, 2.05) is 0 Å². The molecule has 0 aromatic heterocycles. The molecule has 5 heteroatoms. The van der Waals surface area contributed by atoms with Gasteiger partial charge in [0.1, 0.15) is 0 Å². The van der Waals surface area contributed by atoms with E-state index in [-0.39, 0.29) is 30.5 Å². The number of hydrogen-bond acceptors (Lipinski definition) is 3. The monoisotopic (exact) mass is 309 g/mol. The highest BCUT2D eigenvalue weighted by Crippen LogP contribution is 2.44. The van der Waals surface area contributed by atoms with Crippen molar-refractivity contribution < 1.29 is 10.2 Å². The van der Waals surface area contributed by atoms with Crippen LogP contribution in [-0.4, -0.2) is 22.9 Å². The van der Waals surface area contributed by atoms with Gasteiger partial charge in [0.15, 0.2) is 0 Å². The first kappa shape index (κ1) is 18.8. The summed E-state index contributed by atoms with van der Waals surface area (Å²) in [6.45, 7) is 6.52. The minimum absolute atomic E-state index is 0. The number of nitrogens with two attached hydrogens (primary N) is 1. The van der Waals surface area contributed by atoms with Crippen LogP contribution in [0.25, 0.3) is 0 Å². The Hall–Kier alpha value is -0.220. The lowest BCUT2D eigenvalue weighted by atomic mass is 9.70. The van der Waals surface area contributed by atoms with E-state index in [9.17, 15) is 5.11 Å². The van der Waals surface area contributed by atoms with Crippen LogP contribution >= 0.6 is 24.0 Å². The second kappa shape index (κ2) is 7.53. The highest BCUT2D eigenvalue weighted by Gasteiger charge is 2.32. The minimum Gasteiger partial charge on any atom is -0.515 e. The normalized spacial score (nSPS) is 24.3. The van der Waals surface area contributed by atoms with Gasteiger partial charge >= 0.3 is 0 Å². The zero-order valence-electron chi connectivity index (χ0n) is 11.8. The molecule has 0 spiro atoms. The van der Waals surface area contributed by atoms with Crippen LogP contribution in [0.15, 0.2) is 22.4 Å². The van der Waals surface area contributed by atoms with E-state index in [0.717, 1.165) is 30.2 Å². The number of halogens is 2. The Bertz CT molecular complexity index is 359. The number of aliphatic hydroxyl groups is 2. The van der Waals surface area contributed by atoms with E-state index >= 15 is 0 Å². The quantitative estimate of drug-likeness (QED) is 0.699. The summed E-state index contributed by atoms with van der Waals surface area (Å²) in [5, 5.41) is 19.0. The van der Waals surface area contributed by atoms with E-state index in [4.69, 9.17) is 22.4 Å². The van der Waals surface area contributed by atoms with Crippen molar-refractivity contribution in [3.8, 4) is 0 Å². The summed E-state index contributed by atoms with van der Waals surface area (Å²) in [5.41, 5.74) is 7.76. The van der Waals surface area contributed by atoms with E-state index in [1.54, 1.807) is 0 Å². The van der Waals surface area contributed by atoms with Crippen LogP contribution in [0.2, 0.25) is 0 Å². The molecule has 1 aliphatic carbocycles. The molecule has 0 aromatic rings. The summed E-state index contributed by atoms with van der Waals surface area (Å²) in [5.74, 6) is 0.430. The van der Waals surface area contributed by atoms with Crippen molar-refractivity contribution in [3.63, 3.8) is 0 Å². The molecule has 2 unspecified atom stereocenters. The fourth-order valence-electron chi connectivity index (χ4n) is 2.32. The second-order valence-corrected chi connectivity index (χ2v) is 6.57. The van der Waals surface area contributed by atoms with Gasteiger partial charge in [-0.2, -0.15) is 0 Å². The van der Waals surface area contributed by atoms with Crippen molar-refractivity contribution >= 4 is 24.0 Å². The van der Waals surface area contributed by atoms with Crippen molar-refractivity contribution in [2.45, 2.75) is 46.1 Å². The topological polar surface area (TPSA) is 66.5 Å². The molecule has 0 radical (unpaired) electrons. The first-order valence-corrected chi connectivity index (χ1v) is 6.75. The molecular formula is C14H25Cl2NO2. The van der Waals surface area contributed by atoms with Crippen LogP contribution in [0.5, 0.6) is 0 Å². The van der Waals surface area contributed by atoms with Gasteiger partial charge < -0.3 is 15.9 Å². The fraction of sp³-hybridized carbons (Fsp3) is 0.714. The summed E-state index contributed by atoms with van der Waals surface area (Å²) < 4.78 is 0. The molecule has 0 saturated heterocycles. The summed E-state index contributed by atoms with van der Waals surface area (Å²) in [6, 6.07) is -0.285. The molecule has 1 aliphatic rings. The number of allylic oxidation sites excluding steroid dienone is 2. The molecule has 0 bridgehead atoms. The first-order chi connectivity index (χ1) is 8.29. The Morgan fingerprint density at radius 1 is 1.42 bits per heavy atom. The van der Waals surface area contributed by atoms with Crippen LogP contribution in [0.1, 0.15) is 40.0 Å². The lowest BCUT2D eigenvalue weighted by Crippen LogP contribution is -2.29. The molecule has 0 amide bonds. The zero-order valence-corrected chi connectivity index (χ0v) is 13.4. The summed E-state index contributed by atoms with van der Waals surface area (Å²) in [7, 11) is 0. The largest absolute Gasteiger partial charge is 0.515 e. The van der Waals surface area contributed by atoms with Crippen LogP contribution in [0.4, 0.5) is 0 Å². The minimum atomic E-state index is -0.285. The Morgan fingerprint density at radius 3 is 2.42 bits per heavy atom. The number of rotatable bonds is 3. The van der Waals surface area contributed by atoms with Crippen LogP contribution < -0.4 is 5.73 Å². The highest BCUT2D eigenvalue weighted by molar-refractivity contribution is 6.32. The molecule has 2 atom stereocenters. The third kappa shape index (κ3) is 4.99. The van der Waals surface area contributed by atoms with Gasteiger partial charge in [-0.25, -0.2) is 0 Å². The van der Waals surface area contributed by atoms with Gasteiger partial charge in [0.25, 0.3) is 0 Å². The van der Waals surface area contributed by atoms with Gasteiger partial charge in [-0.3, -0.25) is 0 Å². The number of hydrogen-bond donors (Lipinski definition) is 3. The fourth-order valence-corrected chi connectivity index (χ4v) is 2.60. The van der Waals surface area contributed by atoms with Crippen molar-refractivity contribution in [1.29, 1.82) is 0 Å². The molecule has 4 N–H and O–H groups in total. The molecule has 0 aliphatic heterocycles. The summed E-state index contributed by atoms with van der Waals surface area (Å²) in [4.78, 5) is 0. The average molecular weight is 310 g/mol. The molecule has 3 nitrogen and oxygen atoms in total. The molecular weight excluding hydrogens is 285 g/mol. The zero-order chi connectivity index (χ0) is 13.9. The third-order valence-corrected chi connectivity index (χ3v) is 4.19. The molecule has 0 heterocycles. The van der Waals surface area contributed by atoms with E-state index in [2.05, 4.69) is 20.8 Å². The Kier molecular flexibility index (Phi) is 7.45. The highest BCUT2D eigenvalue weighted by atomic mass is 35.5. The van der Waals surface area contributed by atoms with Crippen molar-refractivity contribution in [3.05, 3.63) is 22.4 Å². The lowest BCUT2D eigenvalue weighted by Gasteiger charge is -2.36. The Morgan fingerprint density at radius 2 is 2.00 bits per heavy atom. The molecule has 0 aromatic carbocycles. The van der Waals surface area contributed by atoms with Gasteiger partial charge in [-0.1, -0.05) is 32.4 Å². The van der Waals surface area contributed by atoms with Gasteiger partial charge in [0.2, 0.25) is 0 Å². The third-order valence-electron chi connectivity index (χ3n) is 3.68. The van der Waals surface area contributed by atoms with E-state index in [0.29, 0.717) is 17.4 Å². The van der Waals surface area contributed by atoms with Gasteiger partial charge in [-0.05, 0) is 36.2 Å². The first-order valence-electron chi connectivity index (χ1n) is 6.37. The van der Waals surface area contributed by atoms with Gasteiger partial charge in [-0.15, -0.1) is 12.4 Å². The molecule has 1 rings (SSSR count). The molecule has 112 valence electrons. The number of aliphatic hydroxyl groups excluding tert-OH is 2. The van der Waals surface area contributed by atoms with Crippen LogP contribution in [0.3, 0.4) is 0 Å². The van der Waals surface area contributed by atoms with Crippen molar-refractivity contribution in [2.24, 2.45) is 17.1 Å². The van der Waals surface area contributed by atoms with Gasteiger partial charge in [0.05, 0.1) is 12.9 Å². The van der Waals surface area contributed by atoms with Crippen LogP contribution in [-0.2, 0) is 0 Å². The summed E-state index contributed by atoms with van der Waals surface area (Å²) in [6.07, 6.45) is 3.36. The van der Waals surface area contributed by atoms with Crippen molar-refractivity contribution in [2.75, 3.05) is 6.61 Å². The van der Waals surface area contributed by atoms with Crippen LogP contribution in [0, 0.1) is 11.3 Å². The maximum Gasteiger partial charge on any atom is 0.0838 e. The Labute approximate surface area is 126 Å². The average Bonchev–Trinajstić information content (AvgIpc) is 2.30. The Balaban J connectivity index is 0.00000324. The maximum atomic E-state index is 9.29.